The van der Waals surface area contributed by atoms with Gasteiger partial charge in [-0.05, 0) is 57.3 Å². The molecule has 210 valence electrons. The summed E-state index contributed by atoms with van der Waals surface area (Å²) in [5.41, 5.74) is 14.1. The fourth-order valence-electron chi connectivity index (χ4n) is 6.89. The van der Waals surface area contributed by atoms with Crippen molar-refractivity contribution in [3.63, 3.8) is 0 Å². The molecule has 3 aromatic rings. The van der Waals surface area contributed by atoms with E-state index in [4.69, 9.17) is 0 Å². The quantitative estimate of drug-likeness (QED) is 0.190. The molecule has 39 heavy (non-hydrogen) atoms. The maximum Gasteiger partial charge on any atom is 0.00534 e. The molecule has 1 aliphatic rings. The third-order valence-corrected chi connectivity index (χ3v) is 8.86. The van der Waals surface area contributed by atoms with Crippen molar-refractivity contribution >= 4 is 16.8 Å². The van der Waals surface area contributed by atoms with Crippen molar-refractivity contribution in [3.05, 3.63) is 80.4 Å². The first-order valence-electron chi connectivity index (χ1n) is 14.8. The Balaban J connectivity index is 0.00000420. The van der Waals surface area contributed by atoms with Gasteiger partial charge in [-0.25, -0.2) is 0 Å². The Morgan fingerprint density at radius 1 is 0.641 bits per heavy atom. The molecule has 1 aliphatic carbocycles. The smallest absolute Gasteiger partial charge is 0.00534 e. The molecule has 0 fully saturated rings. The summed E-state index contributed by atoms with van der Waals surface area (Å²) in [5.74, 6) is 0.481. The van der Waals surface area contributed by atoms with E-state index in [0.29, 0.717) is 5.92 Å². The second kappa shape index (κ2) is 10.5. The number of fused-ring (bicyclic) bond motifs is 2. The molecule has 0 amide bonds. The van der Waals surface area contributed by atoms with Gasteiger partial charge >= 0.3 is 0 Å². The number of hydrogen-bond donors (Lipinski definition) is 0. The Morgan fingerprint density at radius 3 is 1.62 bits per heavy atom. The number of allylic oxidation sites excluding steroid dienone is 1. The van der Waals surface area contributed by atoms with E-state index in [-0.39, 0.29) is 47.5 Å². The summed E-state index contributed by atoms with van der Waals surface area (Å²) in [7, 11) is 0. The van der Waals surface area contributed by atoms with Crippen LogP contribution in [0.2, 0.25) is 0 Å². The molecule has 0 spiro atoms. The zero-order chi connectivity index (χ0) is 28.6. The average molecular weight is 688 g/mol. The van der Waals surface area contributed by atoms with E-state index in [0.717, 1.165) is 12.8 Å². The molecule has 0 N–H and O–H groups in total. The summed E-state index contributed by atoms with van der Waals surface area (Å²) in [6.07, 6.45) is 4.80. The van der Waals surface area contributed by atoms with E-state index in [1.807, 2.05) is 0 Å². The Morgan fingerprint density at radius 2 is 1.10 bits per heavy atom. The molecule has 0 aromatic heterocycles. The van der Waals surface area contributed by atoms with Gasteiger partial charge < -0.3 is 0 Å². The van der Waals surface area contributed by atoms with Gasteiger partial charge in [0, 0.05) is 31.8 Å². The number of hydrogen-bond acceptors (Lipinski definition) is 0. The largest absolute Gasteiger partial charge is 0.165 e. The van der Waals surface area contributed by atoms with Crippen molar-refractivity contribution in [1.29, 1.82) is 0 Å². The Kier molecular flexibility index (Phi) is 8.66. The van der Waals surface area contributed by atoms with Crippen LogP contribution in [0.4, 0.5) is 0 Å². The maximum absolute atomic E-state index is 2.52. The van der Waals surface area contributed by atoms with Crippen LogP contribution in [0, 0.1) is 6.92 Å². The van der Waals surface area contributed by atoms with Gasteiger partial charge in [0.15, 0.2) is 0 Å². The minimum Gasteiger partial charge on any atom is -0.165 e. The topological polar surface area (TPSA) is 0 Å². The Labute approximate surface area is 259 Å². The summed E-state index contributed by atoms with van der Waals surface area (Å²) >= 11 is 0. The van der Waals surface area contributed by atoms with Crippen molar-refractivity contribution < 1.29 is 25.8 Å². The van der Waals surface area contributed by atoms with E-state index in [1.54, 1.807) is 11.1 Å². The van der Waals surface area contributed by atoms with Crippen LogP contribution in [0.15, 0.2) is 35.9 Å². The molecule has 0 heterocycles. The van der Waals surface area contributed by atoms with Crippen LogP contribution in [-0.4, -0.2) is 0 Å². The molecule has 0 radical (unpaired) electrons. The second-order valence-electron chi connectivity index (χ2n) is 16.2. The predicted molar refractivity (Wildman–Crippen MR) is 170 cm³/mol. The van der Waals surface area contributed by atoms with Crippen molar-refractivity contribution in [1.82, 2.24) is 0 Å². The fourth-order valence-corrected chi connectivity index (χ4v) is 6.89. The average Bonchev–Trinajstić information content (AvgIpc) is 3.23. The molecule has 1 atom stereocenters. The molecule has 4 rings (SSSR count). The Hall–Kier alpha value is -1.34. The van der Waals surface area contributed by atoms with Gasteiger partial charge in [0.1, 0.15) is 0 Å². The van der Waals surface area contributed by atoms with Gasteiger partial charge in [0.2, 0.25) is 0 Å². The van der Waals surface area contributed by atoms with Crippen LogP contribution in [0.5, 0.6) is 0 Å². The fraction of sp³-hybridized carbons (Fsp3) is 0.553. The zero-order valence-corrected chi connectivity index (χ0v) is 31.0. The molecule has 0 nitrogen and oxygen atoms in total. The first kappa shape index (κ1) is 32.2. The molecular formula is C38H53Hf-. The molecule has 0 saturated carbocycles. The first-order valence-corrected chi connectivity index (χ1v) is 14.8. The van der Waals surface area contributed by atoms with E-state index in [9.17, 15) is 0 Å². The first-order chi connectivity index (χ1) is 17.2. The van der Waals surface area contributed by atoms with Crippen molar-refractivity contribution in [3.8, 4) is 0 Å². The zero-order valence-electron chi connectivity index (χ0n) is 27.5. The minimum absolute atomic E-state index is 0. The molecule has 0 saturated heterocycles. The summed E-state index contributed by atoms with van der Waals surface area (Å²) in [6.45, 7) is 33.1. The van der Waals surface area contributed by atoms with E-state index < -0.39 is 0 Å². The molecular weight excluding hydrogens is 635 g/mol. The van der Waals surface area contributed by atoms with Crippen LogP contribution >= 0.6 is 0 Å². The number of benzene rings is 2. The Bertz CT molecular complexity index is 1390. The van der Waals surface area contributed by atoms with E-state index >= 15 is 0 Å². The van der Waals surface area contributed by atoms with E-state index in [2.05, 4.69) is 133 Å². The maximum atomic E-state index is 2.52. The number of aryl methyl sites for hydroxylation is 2. The predicted octanol–water partition coefficient (Wildman–Crippen LogP) is 11.2. The summed E-state index contributed by atoms with van der Waals surface area (Å²) in [6, 6.07) is 12.2. The monoisotopic (exact) mass is 689 g/mol. The van der Waals surface area contributed by atoms with Gasteiger partial charge in [0.05, 0.1) is 0 Å². The molecule has 0 aliphatic heterocycles. The van der Waals surface area contributed by atoms with Crippen LogP contribution in [0.3, 0.4) is 0 Å². The summed E-state index contributed by atoms with van der Waals surface area (Å²) < 4.78 is 0. The minimum atomic E-state index is 0. The summed E-state index contributed by atoms with van der Waals surface area (Å²) in [4.78, 5) is 0. The second-order valence-corrected chi connectivity index (χ2v) is 16.2. The normalized spacial score (nSPS) is 16.4. The van der Waals surface area contributed by atoms with Crippen molar-refractivity contribution in [2.45, 2.75) is 137 Å². The van der Waals surface area contributed by atoms with Crippen LogP contribution in [0.25, 0.3) is 16.8 Å². The van der Waals surface area contributed by atoms with Gasteiger partial charge in [-0.2, -0.15) is 6.07 Å². The van der Waals surface area contributed by atoms with Crippen LogP contribution in [0.1, 0.15) is 147 Å². The van der Waals surface area contributed by atoms with Gasteiger partial charge in [-0.1, -0.05) is 132 Å². The standard InChI is InChI=1S/C38H53.Hf/c1-23-21-27-29(35(3,4)5)17-19-31(37(9,10)11)33(27)25(23)15-16-26-24(2)22-28-30(36(6,7)8)18-20-32(34(26)28)38(12,13)14;/h17-22,25H,15-16H2,1-14H3;/q-1;. The van der Waals surface area contributed by atoms with E-state index in [1.165, 1.54) is 49.7 Å². The number of rotatable bonds is 3. The molecule has 1 heteroatoms. The van der Waals surface area contributed by atoms with Crippen molar-refractivity contribution in [2.24, 2.45) is 0 Å². The van der Waals surface area contributed by atoms with Crippen LogP contribution < -0.4 is 0 Å². The van der Waals surface area contributed by atoms with Gasteiger partial charge in [-0.3, -0.25) is 0 Å². The van der Waals surface area contributed by atoms with Gasteiger partial charge in [-0.15, -0.1) is 33.5 Å². The third kappa shape index (κ3) is 6.00. The SMILES string of the molecule is CC1=Cc2c(C(C)(C)C)ccc(C(C)(C)C)c2C1CC[c-]1c(C)cc2c(C(C)(C)C)ccc(C(C)(C)C)c21.[Hf]. The molecule has 1 unspecified atom stereocenters. The summed E-state index contributed by atoms with van der Waals surface area (Å²) in [5, 5.41) is 3.00. The van der Waals surface area contributed by atoms with Gasteiger partial charge in [0.25, 0.3) is 0 Å². The molecule has 3 aromatic carbocycles. The molecule has 0 bridgehead atoms. The van der Waals surface area contributed by atoms with Crippen molar-refractivity contribution in [2.75, 3.05) is 0 Å². The van der Waals surface area contributed by atoms with Crippen LogP contribution in [-0.2, 0) is 53.9 Å². The third-order valence-electron chi connectivity index (χ3n) is 8.86.